The van der Waals surface area contributed by atoms with Crippen LogP contribution in [0.2, 0.25) is 0 Å². The fourth-order valence-electron chi connectivity index (χ4n) is 1.78. The average molecular weight is 292 g/mol. The number of hydrogen-bond acceptors (Lipinski definition) is 4. The second-order valence-electron chi connectivity index (χ2n) is 4.38. The van der Waals surface area contributed by atoms with Crippen molar-refractivity contribution in [3.8, 4) is 0 Å². The van der Waals surface area contributed by atoms with Gasteiger partial charge in [0, 0.05) is 24.0 Å². The topological polar surface area (TPSA) is 121 Å². The van der Waals surface area contributed by atoms with Crippen LogP contribution in [-0.2, 0) is 11.2 Å². The van der Waals surface area contributed by atoms with E-state index in [9.17, 15) is 14.0 Å². The number of carbonyl (C=O) groups is 2. The SMILES string of the molecule is Nc1ccc(F)cc1C(=O)N[C@@H](Cc1cnc[nH]1)C(=O)O. The van der Waals surface area contributed by atoms with Crippen molar-refractivity contribution in [2.24, 2.45) is 0 Å². The van der Waals surface area contributed by atoms with Gasteiger partial charge in [-0.15, -0.1) is 0 Å². The van der Waals surface area contributed by atoms with Crippen molar-refractivity contribution >= 4 is 17.6 Å². The van der Waals surface area contributed by atoms with Gasteiger partial charge in [0.1, 0.15) is 11.9 Å². The number of aromatic amines is 1. The van der Waals surface area contributed by atoms with Crippen LogP contribution < -0.4 is 11.1 Å². The van der Waals surface area contributed by atoms with Crippen LogP contribution >= 0.6 is 0 Å². The predicted molar refractivity (Wildman–Crippen MR) is 72.0 cm³/mol. The minimum absolute atomic E-state index is 0.0241. The summed E-state index contributed by atoms with van der Waals surface area (Å²) in [5.74, 6) is -2.60. The Morgan fingerprint density at radius 2 is 2.24 bits per heavy atom. The molecule has 1 heterocycles. The van der Waals surface area contributed by atoms with E-state index in [-0.39, 0.29) is 17.7 Å². The zero-order valence-corrected chi connectivity index (χ0v) is 10.8. The molecule has 2 rings (SSSR count). The van der Waals surface area contributed by atoms with Crippen molar-refractivity contribution < 1.29 is 19.1 Å². The summed E-state index contributed by atoms with van der Waals surface area (Å²) in [4.78, 5) is 29.7. The lowest BCUT2D eigenvalue weighted by Gasteiger charge is -2.14. The van der Waals surface area contributed by atoms with E-state index in [2.05, 4.69) is 15.3 Å². The summed E-state index contributed by atoms with van der Waals surface area (Å²) in [5.41, 5.74) is 6.10. The van der Waals surface area contributed by atoms with Gasteiger partial charge in [-0.3, -0.25) is 4.79 Å². The Kier molecular flexibility index (Phi) is 4.17. The van der Waals surface area contributed by atoms with E-state index >= 15 is 0 Å². The Hall–Kier alpha value is -2.90. The third-order valence-corrected chi connectivity index (χ3v) is 2.84. The van der Waals surface area contributed by atoms with Crippen molar-refractivity contribution in [1.29, 1.82) is 0 Å². The molecule has 0 aliphatic carbocycles. The summed E-state index contributed by atoms with van der Waals surface area (Å²) in [7, 11) is 0. The van der Waals surface area contributed by atoms with Gasteiger partial charge in [-0.25, -0.2) is 14.2 Å². The molecule has 1 aromatic heterocycles. The molecule has 0 fully saturated rings. The molecule has 0 unspecified atom stereocenters. The van der Waals surface area contributed by atoms with Gasteiger partial charge in [-0.1, -0.05) is 0 Å². The summed E-state index contributed by atoms with van der Waals surface area (Å²) in [6, 6.07) is 2.14. The maximum absolute atomic E-state index is 13.1. The van der Waals surface area contributed by atoms with Gasteiger partial charge >= 0.3 is 5.97 Å². The molecule has 8 heteroatoms. The molecule has 2 aromatic rings. The molecule has 0 aliphatic heterocycles. The minimum atomic E-state index is -1.21. The van der Waals surface area contributed by atoms with Gasteiger partial charge in [0.05, 0.1) is 11.9 Å². The summed E-state index contributed by atoms with van der Waals surface area (Å²) < 4.78 is 13.1. The van der Waals surface area contributed by atoms with Gasteiger partial charge in [-0.2, -0.15) is 0 Å². The van der Waals surface area contributed by atoms with E-state index in [0.717, 1.165) is 12.1 Å². The van der Waals surface area contributed by atoms with Gasteiger partial charge in [0.2, 0.25) is 0 Å². The van der Waals surface area contributed by atoms with Crippen LogP contribution in [-0.4, -0.2) is 33.0 Å². The minimum Gasteiger partial charge on any atom is -0.480 e. The third-order valence-electron chi connectivity index (χ3n) is 2.84. The number of rotatable bonds is 5. The number of anilines is 1. The van der Waals surface area contributed by atoms with E-state index in [1.54, 1.807) is 0 Å². The third kappa shape index (κ3) is 3.56. The molecule has 7 nitrogen and oxygen atoms in total. The second-order valence-corrected chi connectivity index (χ2v) is 4.38. The molecule has 0 saturated heterocycles. The van der Waals surface area contributed by atoms with Crippen molar-refractivity contribution in [3.05, 3.63) is 47.8 Å². The molecule has 0 saturated carbocycles. The Morgan fingerprint density at radius 1 is 1.48 bits per heavy atom. The molecule has 1 atom stereocenters. The van der Waals surface area contributed by atoms with Gasteiger partial charge in [0.25, 0.3) is 5.91 Å². The van der Waals surface area contributed by atoms with Crippen molar-refractivity contribution in [1.82, 2.24) is 15.3 Å². The Balaban J connectivity index is 2.14. The molecule has 0 aliphatic rings. The second kappa shape index (κ2) is 6.04. The number of H-pyrrole nitrogens is 1. The highest BCUT2D eigenvalue weighted by Gasteiger charge is 2.22. The van der Waals surface area contributed by atoms with E-state index < -0.39 is 23.7 Å². The van der Waals surface area contributed by atoms with E-state index in [1.807, 2.05) is 0 Å². The van der Waals surface area contributed by atoms with Crippen LogP contribution in [0.4, 0.5) is 10.1 Å². The molecule has 0 radical (unpaired) electrons. The lowest BCUT2D eigenvalue weighted by molar-refractivity contribution is -0.139. The van der Waals surface area contributed by atoms with Crippen LogP contribution in [0, 0.1) is 5.82 Å². The summed E-state index contributed by atoms with van der Waals surface area (Å²) >= 11 is 0. The van der Waals surface area contributed by atoms with Gasteiger partial charge < -0.3 is 21.1 Å². The van der Waals surface area contributed by atoms with Crippen LogP contribution in [0.1, 0.15) is 16.1 Å². The normalized spacial score (nSPS) is 11.9. The molecule has 0 bridgehead atoms. The van der Waals surface area contributed by atoms with Crippen molar-refractivity contribution in [2.45, 2.75) is 12.5 Å². The number of carbonyl (C=O) groups excluding carboxylic acids is 1. The highest BCUT2D eigenvalue weighted by molar-refractivity contribution is 6.00. The molecular weight excluding hydrogens is 279 g/mol. The first-order chi connectivity index (χ1) is 9.97. The lowest BCUT2D eigenvalue weighted by Crippen LogP contribution is -2.42. The number of nitrogens with zero attached hydrogens (tertiary/aromatic N) is 1. The number of benzene rings is 1. The quantitative estimate of drug-likeness (QED) is 0.600. The number of aliphatic carboxylic acids is 1. The van der Waals surface area contributed by atoms with Crippen LogP contribution in [0.15, 0.2) is 30.7 Å². The zero-order chi connectivity index (χ0) is 15.4. The number of amides is 1. The summed E-state index contributed by atoms with van der Waals surface area (Å²) in [5, 5.41) is 11.4. The number of imidazole rings is 1. The fraction of sp³-hybridized carbons (Fsp3) is 0.154. The first-order valence-electron chi connectivity index (χ1n) is 6.03. The van der Waals surface area contributed by atoms with Crippen molar-refractivity contribution in [2.75, 3.05) is 5.73 Å². The van der Waals surface area contributed by atoms with Crippen LogP contribution in [0.25, 0.3) is 0 Å². The lowest BCUT2D eigenvalue weighted by atomic mass is 10.1. The number of carboxylic acid groups (broad SMARTS) is 1. The van der Waals surface area contributed by atoms with E-state index in [0.29, 0.717) is 5.69 Å². The van der Waals surface area contributed by atoms with Gasteiger partial charge in [0.15, 0.2) is 0 Å². The monoisotopic (exact) mass is 292 g/mol. The molecular formula is C13H13FN4O3. The van der Waals surface area contributed by atoms with Gasteiger partial charge in [-0.05, 0) is 18.2 Å². The largest absolute Gasteiger partial charge is 0.480 e. The number of nitrogens with one attached hydrogen (secondary N) is 2. The Labute approximate surface area is 119 Å². The Bertz CT molecular complexity index is 657. The Morgan fingerprint density at radius 3 is 2.86 bits per heavy atom. The number of hydrogen-bond donors (Lipinski definition) is 4. The highest BCUT2D eigenvalue weighted by Crippen LogP contribution is 2.13. The summed E-state index contributed by atoms with van der Waals surface area (Å²) in [6.07, 6.45) is 2.88. The zero-order valence-electron chi connectivity index (χ0n) is 10.8. The molecule has 0 spiro atoms. The predicted octanol–water partition coefficient (Wildman–Crippen LogP) is 0.557. The van der Waals surface area contributed by atoms with E-state index in [4.69, 9.17) is 10.8 Å². The maximum Gasteiger partial charge on any atom is 0.326 e. The first kappa shape index (κ1) is 14.5. The highest BCUT2D eigenvalue weighted by atomic mass is 19.1. The van der Waals surface area contributed by atoms with Crippen LogP contribution in [0.5, 0.6) is 0 Å². The summed E-state index contributed by atoms with van der Waals surface area (Å²) in [6.45, 7) is 0. The number of nitrogen functional groups attached to an aromatic ring is 1. The van der Waals surface area contributed by atoms with Crippen molar-refractivity contribution in [3.63, 3.8) is 0 Å². The van der Waals surface area contributed by atoms with E-state index in [1.165, 1.54) is 18.6 Å². The number of aromatic nitrogens is 2. The van der Waals surface area contributed by atoms with Crippen LogP contribution in [0.3, 0.4) is 0 Å². The molecule has 21 heavy (non-hydrogen) atoms. The number of halogens is 1. The molecule has 5 N–H and O–H groups in total. The smallest absolute Gasteiger partial charge is 0.326 e. The standard InChI is InChI=1S/C13H13FN4O3/c14-7-1-2-10(15)9(3-7)12(19)18-11(13(20)21)4-8-5-16-6-17-8/h1-3,5-6,11H,4,15H2,(H,16,17)(H,18,19)(H,20,21)/t11-/m0/s1. The average Bonchev–Trinajstić information content (AvgIpc) is 2.93. The molecule has 1 aromatic carbocycles. The molecule has 110 valence electrons. The maximum atomic E-state index is 13.1. The number of carboxylic acids is 1. The first-order valence-corrected chi connectivity index (χ1v) is 6.03. The molecule has 1 amide bonds. The number of nitrogens with two attached hydrogens (primary N) is 1. The fourth-order valence-corrected chi connectivity index (χ4v) is 1.78.